The molecule has 0 fully saturated rings. The number of nitrogens with zero attached hydrogens (tertiary/aromatic N) is 1. The van der Waals surface area contributed by atoms with Crippen molar-refractivity contribution in [1.29, 1.82) is 0 Å². The molecular weight excluding hydrogens is 362 g/mol. The lowest BCUT2D eigenvalue weighted by Crippen LogP contribution is -2.29. The Kier molecular flexibility index (Phi) is 7.16. The first-order valence-corrected chi connectivity index (χ1v) is 10.8. The van der Waals surface area contributed by atoms with Crippen molar-refractivity contribution in [1.82, 2.24) is 4.31 Å². The number of carboxylic acids is 1. The molecule has 0 aliphatic carbocycles. The molecule has 6 heteroatoms. The van der Waals surface area contributed by atoms with E-state index in [0.29, 0.717) is 11.5 Å². The first kappa shape index (κ1) is 21.1. The predicted octanol–water partition coefficient (Wildman–Crippen LogP) is 3.47. The van der Waals surface area contributed by atoms with E-state index in [4.69, 9.17) is 5.11 Å². The molecule has 0 radical (unpaired) electrons. The second-order valence-corrected chi connectivity index (χ2v) is 9.32. The van der Waals surface area contributed by atoms with Crippen LogP contribution in [0.4, 0.5) is 0 Å². The van der Waals surface area contributed by atoms with Gasteiger partial charge in [0.1, 0.15) is 0 Å². The van der Waals surface area contributed by atoms with Gasteiger partial charge < -0.3 is 5.11 Å². The van der Waals surface area contributed by atoms with E-state index in [1.807, 2.05) is 30.3 Å². The summed E-state index contributed by atoms with van der Waals surface area (Å²) in [6, 6.07) is 15.1. The second-order valence-electron chi connectivity index (χ2n) is 7.34. The van der Waals surface area contributed by atoms with Crippen LogP contribution in [-0.4, -0.2) is 30.1 Å². The maximum atomic E-state index is 12.2. The average Bonchev–Trinajstić information content (AvgIpc) is 2.54. The molecule has 2 aromatic carbocycles. The Balaban J connectivity index is 2.16. The standard InChI is InChI=1S/C21H27NO4S/c1-16(2)11-17-7-9-18(10-8-17)14-22(27(3,25)26)15-20-6-4-5-19(12-20)13-21(23)24/h4-10,12,16H,11,13-15H2,1-3H3,(H,23,24). The molecule has 27 heavy (non-hydrogen) atoms. The highest BCUT2D eigenvalue weighted by Gasteiger charge is 2.18. The van der Waals surface area contributed by atoms with Crippen molar-refractivity contribution in [3.05, 3.63) is 70.8 Å². The monoisotopic (exact) mass is 389 g/mol. The fourth-order valence-corrected chi connectivity index (χ4v) is 3.73. The van der Waals surface area contributed by atoms with Crippen LogP contribution in [0, 0.1) is 5.92 Å². The molecule has 0 aromatic heterocycles. The molecule has 0 heterocycles. The van der Waals surface area contributed by atoms with Gasteiger partial charge in [-0.2, -0.15) is 4.31 Å². The zero-order chi connectivity index (χ0) is 20.0. The molecule has 0 bridgehead atoms. The molecular formula is C21H27NO4S. The van der Waals surface area contributed by atoms with E-state index in [-0.39, 0.29) is 19.5 Å². The predicted molar refractivity (Wildman–Crippen MR) is 107 cm³/mol. The van der Waals surface area contributed by atoms with Crippen molar-refractivity contribution in [2.24, 2.45) is 5.92 Å². The fraction of sp³-hybridized carbons (Fsp3) is 0.381. The number of carboxylic acid groups (broad SMARTS) is 1. The van der Waals surface area contributed by atoms with Gasteiger partial charge in [-0.25, -0.2) is 8.42 Å². The lowest BCUT2D eigenvalue weighted by molar-refractivity contribution is -0.136. The SMILES string of the molecule is CC(C)Cc1ccc(CN(Cc2cccc(CC(=O)O)c2)S(C)(=O)=O)cc1. The smallest absolute Gasteiger partial charge is 0.307 e. The van der Waals surface area contributed by atoms with E-state index in [2.05, 4.69) is 13.8 Å². The van der Waals surface area contributed by atoms with Crippen molar-refractivity contribution < 1.29 is 18.3 Å². The summed E-state index contributed by atoms with van der Waals surface area (Å²) in [4.78, 5) is 10.9. The van der Waals surface area contributed by atoms with Crippen molar-refractivity contribution in [2.75, 3.05) is 6.26 Å². The third kappa shape index (κ3) is 7.15. The highest BCUT2D eigenvalue weighted by atomic mass is 32.2. The molecule has 2 aromatic rings. The van der Waals surface area contributed by atoms with Crippen LogP contribution in [0.15, 0.2) is 48.5 Å². The van der Waals surface area contributed by atoms with Gasteiger partial charge in [-0.3, -0.25) is 4.79 Å². The molecule has 0 amide bonds. The molecule has 0 aliphatic heterocycles. The first-order valence-electron chi connectivity index (χ1n) is 8.96. The van der Waals surface area contributed by atoms with Gasteiger partial charge in [-0.1, -0.05) is 62.4 Å². The van der Waals surface area contributed by atoms with Gasteiger partial charge in [-0.15, -0.1) is 0 Å². The van der Waals surface area contributed by atoms with Gasteiger partial charge in [-0.05, 0) is 34.6 Å². The molecule has 146 valence electrons. The van der Waals surface area contributed by atoms with Crippen molar-refractivity contribution in [3.8, 4) is 0 Å². The molecule has 0 spiro atoms. The minimum Gasteiger partial charge on any atom is -0.481 e. The Hall–Kier alpha value is -2.18. The lowest BCUT2D eigenvalue weighted by atomic mass is 10.0. The summed E-state index contributed by atoms with van der Waals surface area (Å²) in [6.45, 7) is 4.82. The molecule has 0 aliphatic rings. The van der Waals surface area contributed by atoms with Gasteiger partial charge in [0, 0.05) is 13.1 Å². The van der Waals surface area contributed by atoms with Crippen LogP contribution in [0.1, 0.15) is 36.1 Å². The highest BCUT2D eigenvalue weighted by Crippen LogP contribution is 2.17. The number of sulfonamides is 1. The number of aliphatic carboxylic acids is 1. The van der Waals surface area contributed by atoms with E-state index in [1.165, 1.54) is 16.1 Å². The summed E-state index contributed by atoms with van der Waals surface area (Å²) in [5, 5.41) is 8.93. The summed E-state index contributed by atoms with van der Waals surface area (Å²) >= 11 is 0. The lowest BCUT2D eigenvalue weighted by Gasteiger charge is -2.21. The minimum absolute atomic E-state index is 0.0793. The van der Waals surface area contributed by atoms with Crippen LogP contribution in [0.25, 0.3) is 0 Å². The molecule has 0 saturated carbocycles. The van der Waals surface area contributed by atoms with Gasteiger partial charge in [0.05, 0.1) is 12.7 Å². The Bertz CT molecular complexity index is 873. The zero-order valence-corrected chi connectivity index (χ0v) is 16.9. The molecule has 0 atom stereocenters. The molecule has 0 saturated heterocycles. The van der Waals surface area contributed by atoms with Gasteiger partial charge in [0.15, 0.2) is 0 Å². The normalized spacial score (nSPS) is 11.9. The van der Waals surface area contributed by atoms with E-state index in [1.54, 1.807) is 18.2 Å². The van der Waals surface area contributed by atoms with E-state index >= 15 is 0 Å². The quantitative estimate of drug-likeness (QED) is 0.713. The Morgan fingerprint density at radius 2 is 1.52 bits per heavy atom. The third-order valence-corrected chi connectivity index (χ3v) is 5.40. The van der Waals surface area contributed by atoms with Crippen LogP contribution in [0.2, 0.25) is 0 Å². The number of hydrogen-bond donors (Lipinski definition) is 1. The van der Waals surface area contributed by atoms with Gasteiger partial charge in [0.25, 0.3) is 0 Å². The van der Waals surface area contributed by atoms with Crippen LogP contribution < -0.4 is 0 Å². The minimum atomic E-state index is -3.41. The molecule has 1 N–H and O–H groups in total. The summed E-state index contributed by atoms with van der Waals surface area (Å²) in [6.07, 6.45) is 2.11. The second kappa shape index (κ2) is 9.15. The Morgan fingerprint density at radius 1 is 0.963 bits per heavy atom. The van der Waals surface area contributed by atoms with Crippen LogP contribution in [-0.2, 0) is 40.7 Å². The zero-order valence-electron chi connectivity index (χ0n) is 16.1. The maximum absolute atomic E-state index is 12.2. The Morgan fingerprint density at radius 3 is 2.07 bits per heavy atom. The van der Waals surface area contributed by atoms with Crippen molar-refractivity contribution >= 4 is 16.0 Å². The van der Waals surface area contributed by atoms with Gasteiger partial charge >= 0.3 is 5.97 Å². The highest BCUT2D eigenvalue weighted by molar-refractivity contribution is 7.88. The summed E-state index contributed by atoms with van der Waals surface area (Å²) in [5.41, 5.74) is 3.60. The summed E-state index contributed by atoms with van der Waals surface area (Å²) < 4.78 is 25.9. The molecule has 5 nitrogen and oxygen atoms in total. The van der Waals surface area contributed by atoms with Gasteiger partial charge in [0.2, 0.25) is 10.0 Å². The number of rotatable bonds is 9. The molecule has 2 rings (SSSR count). The maximum Gasteiger partial charge on any atom is 0.307 e. The van der Waals surface area contributed by atoms with Crippen molar-refractivity contribution in [3.63, 3.8) is 0 Å². The van der Waals surface area contributed by atoms with E-state index in [9.17, 15) is 13.2 Å². The van der Waals surface area contributed by atoms with E-state index < -0.39 is 16.0 Å². The van der Waals surface area contributed by atoms with Crippen LogP contribution in [0.3, 0.4) is 0 Å². The topological polar surface area (TPSA) is 74.7 Å². The summed E-state index contributed by atoms with van der Waals surface area (Å²) in [7, 11) is -3.41. The number of carbonyl (C=O) groups is 1. The fourth-order valence-electron chi connectivity index (χ4n) is 2.96. The number of benzene rings is 2. The number of hydrogen-bond acceptors (Lipinski definition) is 3. The first-order chi connectivity index (χ1) is 12.6. The van der Waals surface area contributed by atoms with Crippen LogP contribution >= 0.6 is 0 Å². The largest absolute Gasteiger partial charge is 0.481 e. The third-order valence-electron chi connectivity index (χ3n) is 4.20. The Labute approximate surface area is 161 Å². The summed E-state index contributed by atoms with van der Waals surface area (Å²) in [5.74, 6) is -0.338. The van der Waals surface area contributed by atoms with Crippen molar-refractivity contribution in [2.45, 2.75) is 39.8 Å². The molecule has 0 unspecified atom stereocenters. The van der Waals surface area contributed by atoms with Crippen LogP contribution in [0.5, 0.6) is 0 Å². The average molecular weight is 390 g/mol. The van der Waals surface area contributed by atoms with E-state index in [0.717, 1.165) is 17.5 Å².